The highest BCUT2D eigenvalue weighted by Crippen LogP contribution is 2.35. The zero-order chi connectivity index (χ0) is 11.1. The highest BCUT2D eigenvalue weighted by Gasteiger charge is 2.10. The van der Waals surface area contributed by atoms with Crippen molar-refractivity contribution >= 4 is 33.0 Å². The molecule has 80 valence electrons. The molecule has 0 saturated heterocycles. The van der Waals surface area contributed by atoms with Gasteiger partial charge in [-0.15, -0.1) is 11.3 Å². The fourth-order valence-corrected chi connectivity index (χ4v) is 3.00. The maximum absolute atomic E-state index is 6.04. The minimum absolute atomic E-state index is 0.558. The van der Waals surface area contributed by atoms with E-state index >= 15 is 0 Å². The van der Waals surface area contributed by atoms with E-state index in [0.717, 1.165) is 20.8 Å². The van der Waals surface area contributed by atoms with Crippen LogP contribution < -0.4 is 0 Å². The zero-order valence-corrected chi connectivity index (χ0v) is 10.1. The minimum Gasteiger partial charge on any atom is -0.333 e. The number of imidazole rings is 1. The lowest BCUT2D eigenvalue weighted by atomic mass is 10.3. The van der Waals surface area contributed by atoms with Gasteiger partial charge in [-0.2, -0.15) is 0 Å². The van der Waals surface area contributed by atoms with Gasteiger partial charge in [0.2, 0.25) is 0 Å². The molecular formula is C11H8ClN3S. The van der Waals surface area contributed by atoms with E-state index in [1.165, 1.54) is 0 Å². The third kappa shape index (κ3) is 1.42. The van der Waals surface area contributed by atoms with Gasteiger partial charge < -0.3 is 4.57 Å². The molecule has 0 saturated carbocycles. The number of aryl methyl sites for hydroxylation is 1. The van der Waals surface area contributed by atoms with E-state index in [1.54, 1.807) is 23.7 Å². The van der Waals surface area contributed by atoms with Gasteiger partial charge in [0.25, 0.3) is 0 Å². The van der Waals surface area contributed by atoms with E-state index in [9.17, 15) is 0 Å². The number of hydrogen-bond donors (Lipinski definition) is 0. The van der Waals surface area contributed by atoms with Crippen molar-refractivity contribution in [2.45, 2.75) is 0 Å². The summed E-state index contributed by atoms with van der Waals surface area (Å²) in [4.78, 5) is 9.50. The molecule has 3 heterocycles. The number of hydrogen-bond acceptors (Lipinski definition) is 3. The van der Waals surface area contributed by atoms with Crippen LogP contribution >= 0.6 is 22.9 Å². The second-order valence-electron chi connectivity index (χ2n) is 3.49. The van der Waals surface area contributed by atoms with Gasteiger partial charge in [0.05, 0.1) is 9.58 Å². The molecule has 5 heteroatoms. The van der Waals surface area contributed by atoms with Gasteiger partial charge in [0.15, 0.2) is 0 Å². The van der Waals surface area contributed by atoms with Crippen molar-refractivity contribution < 1.29 is 0 Å². The predicted octanol–water partition coefficient (Wildman–Crippen LogP) is 3.35. The van der Waals surface area contributed by atoms with Crippen LogP contribution in [0.25, 0.3) is 20.8 Å². The van der Waals surface area contributed by atoms with Gasteiger partial charge in [-0.05, 0) is 17.5 Å². The third-order valence-electron chi connectivity index (χ3n) is 2.43. The molecular weight excluding hydrogens is 242 g/mol. The second-order valence-corrected chi connectivity index (χ2v) is 4.90. The molecule has 0 bridgehead atoms. The summed E-state index contributed by atoms with van der Waals surface area (Å²) in [5, 5.41) is 1.67. The van der Waals surface area contributed by atoms with Crippen LogP contribution in [0.15, 0.2) is 30.7 Å². The van der Waals surface area contributed by atoms with Crippen LogP contribution in [0.1, 0.15) is 0 Å². The summed E-state index contributed by atoms with van der Waals surface area (Å²) in [6.45, 7) is 0. The molecule has 0 aliphatic heterocycles. The van der Waals surface area contributed by atoms with Crippen molar-refractivity contribution in [3.63, 3.8) is 0 Å². The Morgan fingerprint density at radius 3 is 2.88 bits per heavy atom. The molecule has 3 nitrogen and oxygen atoms in total. The van der Waals surface area contributed by atoms with Crippen molar-refractivity contribution in [3.05, 3.63) is 35.9 Å². The first-order valence-electron chi connectivity index (χ1n) is 4.77. The highest BCUT2D eigenvalue weighted by molar-refractivity contribution is 7.22. The summed E-state index contributed by atoms with van der Waals surface area (Å²) in [6, 6.07) is 4.06. The lowest BCUT2D eigenvalue weighted by Crippen LogP contribution is -1.87. The van der Waals surface area contributed by atoms with Crippen LogP contribution in [0.5, 0.6) is 0 Å². The Labute approximate surface area is 101 Å². The average molecular weight is 250 g/mol. The lowest BCUT2D eigenvalue weighted by molar-refractivity contribution is 0.928. The fraction of sp³-hybridized carbons (Fsp3) is 0.0909. The number of thiophene rings is 1. The third-order valence-corrected chi connectivity index (χ3v) is 3.98. The highest BCUT2D eigenvalue weighted by atomic mass is 35.5. The lowest BCUT2D eigenvalue weighted by Gasteiger charge is -1.95. The van der Waals surface area contributed by atoms with E-state index in [2.05, 4.69) is 16.0 Å². The van der Waals surface area contributed by atoms with E-state index < -0.39 is 0 Å². The van der Waals surface area contributed by atoms with Gasteiger partial charge in [0, 0.05) is 25.6 Å². The molecule has 3 aromatic heterocycles. The average Bonchev–Trinajstić information content (AvgIpc) is 2.84. The number of pyridine rings is 1. The molecule has 3 rings (SSSR count). The summed E-state index contributed by atoms with van der Waals surface area (Å²) in [7, 11) is 1.98. The normalized spacial score (nSPS) is 11.1. The topological polar surface area (TPSA) is 30.7 Å². The number of halogens is 1. The molecule has 16 heavy (non-hydrogen) atoms. The molecule has 3 aromatic rings. The molecule has 0 aliphatic carbocycles. The van der Waals surface area contributed by atoms with Crippen LogP contribution in [-0.4, -0.2) is 14.5 Å². The molecule has 0 amide bonds. The fourth-order valence-electron chi connectivity index (χ4n) is 1.65. The van der Waals surface area contributed by atoms with Crippen LogP contribution in [0.2, 0.25) is 5.15 Å². The first-order chi connectivity index (χ1) is 7.75. The number of aromatic nitrogens is 3. The van der Waals surface area contributed by atoms with Crippen molar-refractivity contribution in [2.75, 3.05) is 0 Å². The quantitative estimate of drug-likeness (QED) is 0.619. The van der Waals surface area contributed by atoms with Crippen LogP contribution in [0, 0.1) is 0 Å². The Morgan fingerprint density at radius 1 is 1.31 bits per heavy atom. The summed E-state index contributed by atoms with van der Waals surface area (Å²) < 4.78 is 3.01. The summed E-state index contributed by atoms with van der Waals surface area (Å²) in [5.41, 5.74) is 0. The first-order valence-corrected chi connectivity index (χ1v) is 5.97. The van der Waals surface area contributed by atoms with Crippen LogP contribution in [0.4, 0.5) is 0 Å². The Balaban J connectivity index is 2.27. The molecule has 0 atom stereocenters. The van der Waals surface area contributed by atoms with Crippen molar-refractivity contribution in [2.24, 2.45) is 7.05 Å². The van der Waals surface area contributed by atoms with Crippen molar-refractivity contribution in [1.29, 1.82) is 0 Å². The van der Waals surface area contributed by atoms with E-state index in [1.807, 2.05) is 23.9 Å². The van der Waals surface area contributed by atoms with Gasteiger partial charge in [-0.3, -0.25) is 0 Å². The monoisotopic (exact) mass is 249 g/mol. The molecule has 0 spiro atoms. The number of rotatable bonds is 1. The van der Waals surface area contributed by atoms with Gasteiger partial charge >= 0.3 is 0 Å². The Bertz CT molecular complexity index is 656. The molecule has 0 fully saturated rings. The summed E-state index contributed by atoms with van der Waals surface area (Å²) in [5.74, 6) is 0.956. The maximum atomic E-state index is 6.04. The number of nitrogens with zero attached hydrogens (tertiary/aromatic N) is 3. The Morgan fingerprint density at radius 2 is 2.19 bits per heavy atom. The van der Waals surface area contributed by atoms with Crippen LogP contribution in [0.3, 0.4) is 0 Å². The van der Waals surface area contributed by atoms with Gasteiger partial charge in [-0.1, -0.05) is 11.6 Å². The van der Waals surface area contributed by atoms with Crippen molar-refractivity contribution in [1.82, 2.24) is 14.5 Å². The first kappa shape index (κ1) is 9.81. The van der Waals surface area contributed by atoms with Gasteiger partial charge in [0.1, 0.15) is 11.0 Å². The largest absolute Gasteiger partial charge is 0.333 e. The number of fused-ring (bicyclic) bond motifs is 1. The molecule has 0 radical (unpaired) electrons. The SMILES string of the molecule is Cn1ccnc1-c1cc2ccnc(Cl)c2s1. The zero-order valence-electron chi connectivity index (χ0n) is 8.51. The maximum Gasteiger partial charge on any atom is 0.149 e. The van der Waals surface area contributed by atoms with Crippen molar-refractivity contribution in [3.8, 4) is 10.7 Å². The Kier molecular flexibility index (Phi) is 2.19. The predicted molar refractivity (Wildman–Crippen MR) is 66.8 cm³/mol. The van der Waals surface area contributed by atoms with Crippen LogP contribution in [-0.2, 0) is 7.05 Å². The Hall–Kier alpha value is -1.39. The molecule has 0 aliphatic rings. The van der Waals surface area contributed by atoms with E-state index in [0.29, 0.717) is 5.15 Å². The minimum atomic E-state index is 0.558. The standard InChI is InChI=1S/C11H8ClN3S/c1-15-5-4-14-11(15)8-6-7-2-3-13-10(12)9(7)16-8/h2-6H,1H3. The molecule has 0 aromatic carbocycles. The summed E-state index contributed by atoms with van der Waals surface area (Å²) in [6.07, 6.45) is 5.44. The van der Waals surface area contributed by atoms with E-state index in [4.69, 9.17) is 11.6 Å². The second kappa shape index (κ2) is 3.57. The van der Waals surface area contributed by atoms with Gasteiger partial charge in [-0.25, -0.2) is 9.97 Å². The molecule has 0 unspecified atom stereocenters. The van der Waals surface area contributed by atoms with E-state index in [-0.39, 0.29) is 0 Å². The smallest absolute Gasteiger partial charge is 0.149 e. The molecule has 0 N–H and O–H groups in total. The summed E-state index contributed by atoms with van der Waals surface area (Å²) >= 11 is 7.66.